The highest BCUT2D eigenvalue weighted by atomic mass is 16.6. The molecule has 0 saturated carbocycles. The van der Waals surface area contributed by atoms with Gasteiger partial charge in [0.05, 0.1) is 0 Å². The lowest BCUT2D eigenvalue weighted by atomic mass is 10.0. The molecule has 71 heavy (non-hydrogen) atoms. The third-order valence-corrected chi connectivity index (χ3v) is 12.9. The van der Waals surface area contributed by atoms with Gasteiger partial charge in [-0.1, -0.05) is 266 Å². The number of carbonyl (C=O) groups is 3. The molecule has 0 aliphatic heterocycles. The summed E-state index contributed by atoms with van der Waals surface area (Å²) in [5, 5.41) is 0. The Morgan fingerprint density at radius 2 is 0.549 bits per heavy atom. The summed E-state index contributed by atoms with van der Waals surface area (Å²) in [5.41, 5.74) is 0. The zero-order valence-electron chi connectivity index (χ0n) is 46.7. The summed E-state index contributed by atoms with van der Waals surface area (Å²) in [6, 6.07) is 0. The van der Waals surface area contributed by atoms with E-state index in [2.05, 4.69) is 106 Å². The van der Waals surface area contributed by atoms with Gasteiger partial charge in [0.1, 0.15) is 13.2 Å². The maximum atomic E-state index is 12.8. The summed E-state index contributed by atoms with van der Waals surface area (Å²) in [4.78, 5) is 38.0. The number of esters is 3. The first kappa shape index (κ1) is 67.6. The molecule has 0 bridgehead atoms. The summed E-state index contributed by atoms with van der Waals surface area (Å²) in [6.07, 6.45) is 77.6. The number of ether oxygens (including phenoxy) is 3. The van der Waals surface area contributed by atoms with E-state index in [0.29, 0.717) is 19.3 Å². The summed E-state index contributed by atoms with van der Waals surface area (Å²) in [6.45, 7) is 6.39. The number of hydrogen-bond acceptors (Lipinski definition) is 6. The molecule has 1 unspecified atom stereocenters. The Morgan fingerprint density at radius 3 is 0.859 bits per heavy atom. The molecule has 0 radical (unpaired) electrons. The fraction of sp³-hybridized carbons (Fsp3) is 0.738. The van der Waals surface area contributed by atoms with Crippen LogP contribution in [0.1, 0.15) is 290 Å². The number of carbonyl (C=O) groups excluding carboxylic acids is 3. The molecule has 1 atom stereocenters. The quantitative estimate of drug-likeness (QED) is 0.0261. The van der Waals surface area contributed by atoms with E-state index in [1.807, 2.05) is 0 Å². The van der Waals surface area contributed by atoms with Gasteiger partial charge in [0, 0.05) is 19.3 Å². The van der Waals surface area contributed by atoms with E-state index in [9.17, 15) is 14.4 Å². The molecule has 0 amide bonds. The van der Waals surface area contributed by atoms with Crippen LogP contribution in [0.4, 0.5) is 0 Å². The van der Waals surface area contributed by atoms with E-state index in [1.54, 1.807) is 0 Å². The highest BCUT2D eigenvalue weighted by Crippen LogP contribution is 2.16. The van der Waals surface area contributed by atoms with Crippen molar-refractivity contribution < 1.29 is 28.6 Å². The fourth-order valence-electron chi connectivity index (χ4n) is 8.45. The van der Waals surface area contributed by atoms with Crippen molar-refractivity contribution in [3.05, 3.63) is 85.1 Å². The van der Waals surface area contributed by atoms with E-state index < -0.39 is 6.10 Å². The SMILES string of the molecule is CC/C=C\C/C=C\C/C=C\C/C=C\CCCCCCCCCCCCCCCCCCC(=O)OCC(COC(=O)CCCCCCCCC)OC(=O)CCCCCCCCC/C=C\C/C=C\C/C=C\CC. The van der Waals surface area contributed by atoms with Crippen molar-refractivity contribution in [2.75, 3.05) is 13.2 Å². The summed E-state index contributed by atoms with van der Waals surface area (Å²) >= 11 is 0. The molecule has 0 heterocycles. The zero-order chi connectivity index (χ0) is 51.4. The molecule has 0 aliphatic carbocycles. The molecule has 0 rings (SSSR count). The van der Waals surface area contributed by atoms with Gasteiger partial charge in [-0.3, -0.25) is 14.4 Å². The molecule has 408 valence electrons. The minimum Gasteiger partial charge on any atom is -0.462 e. The van der Waals surface area contributed by atoms with Crippen LogP contribution in [0.3, 0.4) is 0 Å². The average molecular weight is 990 g/mol. The van der Waals surface area contributed by atoms with E-state index in [4.69, 9.17) is 14.2 Å². The van der Waals surface area contributed by atoms with Crippen LogP contribution >= 0.6 is 0 Å². The maximum absolute atomic E-state index is 12.8. The second kappa shape index (κ2) is 59.2. The Labute approximate surface area is 439 Å². The molecule has 6 heteroatoms. The van der Waals surface area contributed by atoms with Crippen LogP contribution in [0.5, 0.6) is 0 Å². The molecular weight excluding hydrogens is 877 g/mol. The third-order valence-electron chi connectivity index (χ3n) is 12.9. The van der Waals surface area contributed by atoms with E-state index in [0.717, 1.165) is 109 Å². The molecule has 0 aliphatic rings. The molecule has 0 aromatic carbocycles. The summed E-state index contributed by atoms with van der Waals surface area (Å²) in [7, 11) is 0. The predicted octanol–water partition coefficient (Wildman–Crippen LogP) is 20.3. The monoisotopic (exact) mass is 989 g/mol. The van der Waals surface area contributed by atoms with Gasteiger partial charge >= 0.3 is 17.9 Å². The number of rotatable bonds is 54. The molecule has 0 N–H and O–H groups in total. The van der Waals surface area contributed by atoms with Crippen molar-refractivity contribution in [3.63, 3.8) is 0 Å². The maximum Gasteiger partial charge on any atom is 0.306 e. The first-order chi connectivity index (χ1) is 35.0. The highest BCUT2D eigenvalue weighted by molar-refractivity contribution is 5.71. The van der Waals surface area contributed by atoms with Crippen molar-refractivity contribution in [2.45, 2.75) is 297 Å². The highest BCUT2D eigenvalue weighted by Gasteiger charge is 2.19. The third kappa shape index (κ3) is 57.4. The zero-order valence-corrected chi connectivity index (χ0v) is 46.7. The molecular formula is C65H112O6. The first-order valence-electron chi connectivity index (χ1n) is 30.1. The van der Waals surface area contributed by atoms with Gasteiger partial charge in [0.2, 0.25) is 0 Å². The first-order valence-corrected chi connectivity index (χ1v) is 30.1. The molecule has 0 aromatic rings. The lowest BCUT2D eigenvalue weighted by Crippen LogP contribution is -2.30. The van der Waals surface area contributed by atoms with E-state index >= 15 is 0 Å². The minimum atomic E-state index is -0.778. The number of allylic oxidation sites excluding steroid dienone is 14. The normalized spacial score (nSPS) is 12.7. The van der Waals surface area contributed by atoms with E-state index in [-0.39, 0.29) is 31.1 Å². The van der Waals surface area contributed by atoms with E-state index in [1.165, 1.54) is 141 Å². The summed E-state index contributed by atoms with van der Waals surface area (Å²) < 4.78 is 16.8. The topological polar surface area (TPSA) is 78.9 Å². The standard InChI is InChI=1S/C65H112O6/c1-4-7-10-13-16-18-20-22-24-26-27-28-29-30-31-32-33-34-35-36-37-39-40-42-44-46-49-52-55-58-64(67)70-61-62(60-69-63(66)57-54-51-48-15-12-9-6-3)71-65(68)59-56-53-50-47-45-43-41-38-25-23-21-19-17-14-11-8-5-2/h7-8,10-11,16-19,22-25,27-28,62H,4-6,9,12-15,20-21,26,29-61H2,1-3H3/b10-7-,11-8-,18-16-,19-17-,24-22-,25-23-,28-27-. The molecule has 0 fully saturated rings. The van der Waals surface area contributed by atoms with Crippen molar-refractivity contribution in [2.24, 2.45) is 0 Å². The minimum absolute atomic E-state index is 0.0778. The largest absolute Gasteiger partial charge is 0.462 e. The average Bonchev–Trinajstić information content (AvgIpc) is 3.37. The Balaban J connectivity index is 4.09. The second-order valence-electron chi connectivity index (χ2n) is 19.9. The van der Waals surface area contributed by atoms with Gasteiger partial charge in [0.25, 0.3) is 0 Å². The lowest BCUT2D eigenvalue weighted by molar-refractivity contribution is -0.167. The van der Waals surface area contributed by atoms with Crippen LogP contribution in [-0.4, -0.2) is 37.2 Å². The van der Waals surface area contributed by atoms with Crippen LogP contribution in [0.15, 0.2) is 85.1 Å². The summed E-state index contributed by atoms with van der Waals surface area (Å²) in [5.74, 6) is -0.886. The molecule has 0 spiro atoms. The number of unbranched alkanes of at least 4 members (excludes halogenated alkanes) is 29. The lowest BCUT2D eigenvalue weighted by Gasteiger charge is -2.18. The second-order valence-corrected chi connectivity index (χ2v) is 19.9. The predicted molar refractivity (Wildman–Crippen MR) is 307 cm³/mol. The van der Waals surface area contributed by atoms with Gasteiger partial charge in [-0.15, -0.1) is 0 Å². The van der Waals surface area contributed by atoms with Crippen molar-refractivity contribution in [1.29, 1.82) is 0 Å². The fourth-order valence-corrected chi connectivity index (χ4v) is 8.45. The Bertz CT molecular complexity index is 1370. The van der Waals surface area contributed by atoms with Gasteiger partial charge < -0.3 is 14.2 Å². The van der Waals surface area contributed by atoms with Crippen LogP contribution < -0.4 is 0 Å². The molecule has 0 saturated heterocycles. The molecule has 6 nitrogen and oxygen atoms in total. The number of hydrogen-bond donors (Lipinski definition) is 0. The van der Waals surface area contributed by atoms with Gasteiger partial charge in [-0.25, -0.2) is 0 Å². The van der Waals surface area contributed by atoms with Crippen molar-refractivity contribution in [3.8, 4) is 0 Å². The molecule has 0 aromatic heterocycles. The van der Waals surface area contributed by atoms with Gasteiger partial charge in [0.15, 0.2) is 6.10 Å². The smallest absolute Gasteiger partial charge is 0.306 e. The van der Waals surface area contributed by atoms with Crippen molar-refractivity contribution in [1.82, 2.24) is 0 Å². The van der Waals surface area contributed by atoms with Gasteiger partial charge in [-0.05, 0) is 89.9 Å². The van der Waals surface area contributed by atoms with Crippen LogP contribution in [-0.2, 0) is 28.6 Å². The van der Waals surface area contributed by atoms with Crippen molar-refractivity contribution >= 4 is 17.9 Å². The Hall–Kier alpha value is -3.41. The Kier molecular flexibility index (Phi) is 56.3. The van der Waals surface area contributed by atoms with Crippen LogP contribution in [0.25, 0.3) is 0 Å². The van der Waals surface area contributed by atoms with Gasteiger partial charge in [-0.2, -0.15) is 0 Å². The van der Waals surface area contributed by atoms with Crippen LogP contribution in [0.2, 0.25) is 0 Å². The Morgan fingerprint density at radius 1 is 0.296 bits per heavy atom. The van der Waals surface area contributed by atoms with Crippen LogP contribution in [0, 0.1) is 0 Å².